The molecule has 0 amide bonds. The molecule has 0 unspecified atom stereocenters. The minimum atomic E-state index is -0.199. The summed E-state index contributed by atoms with van der Waals surface area (Å²) in [4.78, 5) is 0. The molecule has 1 heterocycles. The molecule has 20 heavy (non-hydrogen) atoms. The van der Waals surface area contributed by atoms with Crippen LogP contribution in [0.1, 0.15) is 32.0 Å². The minimum Gasteiger partial charge on any atom is -0.310 e. The van der Waals surface area contributed by atoms with Gasteiger partial charge in [-0.3, -0.25) is 4.68 Å². The van der Waals surface area contributed by atoms with Gasteiger partial charge in [-0.25, -0.2) is 4.39 Å². The summed E-state index contributed by atoms with van der Waals surface area (Å²) in [7, 11) is 0. The highest BCUT2D eigenvalue weighted by molar-refractivity contribution is 5.68. The zero-order valence-electron chi connectivity index (χ0n) is 12.6. The summed E-state index contributed by atoms with van der Waals surface area (Å²) in [6.45, 7) is 9.70. The summed E-state index contributed by atoms with van der Waals surface area (Å²) < 4.78 is 15.4. The Bertz CT molecular complexity index is 587. The summed E-state index contributed by atoms with van der Waals surface area (Å²) in [5.74, 6) is -0.199. The van der Waals surface area contributed by atoms with Crippen molar-refractivity contribution in [2.45, 2.75) is 46.8 Å². The van der Waals surface area contributed by atoms with Gasteiger partial charge < -0.3 is 5.32 Å². The van der Waals surface area contributed by atoms with Gasteiger partial charge in [-0.2, -0.15) is 5.10 Å². The SMILES string of the molecule is CCn1cc(-c2ccc(F)cc2CNC(C)C)c(C)n1. The molecule has 0 radical (unpaired) electrons. The van der Waals surface area contributed by atoms with E-state index in [-0.39, 0.29) is 5.82 Å². The van der Waals surface area contributed by atoms with Gasteiger partial charge in [0.25, 0.3) is 0 Å². The summed E-state index contributed by atoms with van der Waals surface area (Å²) in [5.41, 5.74) is 4.07. The Labute approximate surface area is 119 Å². The average molecular weight is 275 g/mol. The lowest BCUT2D eigenvalue weighted by Gasteiger charge is -2.12. The second-order valence-corrected chi connectivity index (χ2v) is 5.32. The first-order valence-corrected chi connectivity index (χ1v) is 7.07. The van der Waals surface area contributed by atoms with Gasteiger partial charge in [-0.1, -0.05) is 19.9 Å². The highest BCUT2D eigenvalue weighted by Gasteiger charge is 2.12. The van der Waals surface area contributed by atoms with Crippen molar-refractivity contribution in [2.24, 2.45) is 0 Å². The molecule has 0 aliphatic carbocycles. The maximum absolute atomic E-state index is 13.5. The first-order valence-electron chi connectivity index (χ1n) is 7.07. The van der Waals surface area contributed by atoms with Crippen LogP contribution in [0.5, 0.6) is 0 Å². The van der Waals surface area contributed by atoms with E-state index in [0.29, 0.717) is 12.6 Å². The predicted molar refractivity (Wildman–Crippen MR) is 80.0 cm³/mol. The number of hydrogen-bond donors (Lipinski definition) is 1. The molecule has 1 aromatic heterocycles. The lowest BCUT2D eigenvalue weighted by molar-refractivity contribution is 0.582. The third kappa shape index (κ3) is 3.25. The molecule has 2 rings (SSSR count). The molecule has 0 fully saturated rings. The van der Waals surface area contributed by atoms with Crippen LogP contribution in [0, 0.1) is 12.7 Å². The van der Waals surface area contributed by atoms with E-state index >= 15 is 0 Å². The number of aromatic nitrogens is 2. The quantitative estimate of drug-likeness (QED) is 0.905. The van der Waals surface area contributed by atoms with E-state index in [1.165, 1.54) is 6.07 Å². The number of rotatable bonds is 5. The van der Waals surface area contributed by atoms with Crippen molar-refractivity contribution in [1.29, 1.82) is 0 Å². The number of nitrogens with zero attached hydrogens (tertiary/aromatic N) is 2. The Kier molecular flexibility index (Phi) is 4.55. The molecule has 2 aromatic rings. The molecule has 0 bridgehead atoms. The number of nitrogens with one attached hydrogen (secondary N) is 1. The maximum Gasteiger partial charge on any atom is 0.123 e. The summed E-state index contributed by atoms with van der Waals surface area (Å²) in [5, 5.41) is 7.81. The molecule has 0 aliphatic heterocycles. The number of hydrogen-bond acceptors (Lipinski definition) is 2. The topological polar surface area (TPSA) is 29.9 Å². The second kappa shape index (κ2) is 6.18. The van der Waals surface area contributed by atoms with Crippen LogP contribution < -0.4 is 5.32 Å². The molecular formula is C16H22FN3. The second-order valence-electron chi connectivity index (χ2n) is 5.32. The molecule has 0 spiro atoms. The van der Waals surface area contributed by atoms with Crippen molar-refractivity contribution in [3.05, 3.63) is 41.5 Å². The molecule has 0 aliphatic rings. The van der Waals surface area contributed by atoms with Gasteiger partial charge >= 0.3 is 0 Å². The smallest absolute Gasteiger partial charge is 0.123 e. The van der Waals surface area contributed by atoms with E-state index in [1.807, 2.05) is 23.9 Å². The van der Waals surface area contributed by atoms with E-state index < -0.39 is 0 Å². The van der Waals surface area contributed by atoms with Crippen molar-refractivity contribution in [1.82, 2.24) is 15.1 Å². The zero-order valence-corrected chi connectivity index (χ0v) is 12.6. The predicted octanol–water partition coefficient (Wildman–Crippen LogP) is 3.52. The Morgan fingerprint density at radius 2 is 2.05 bits per heavy atom. The van der Waals surface area contributed by atoms with Gasteiger partial charge in [0.15, 0.2) is 0 Å². The number of aryl methyl sites for hydroxylation is 2. The Hall–Kier alpha value is -1.68. The molecule has 3 nitrogen and oxygen atoms in total. The van der Waals surface area contributed by atoms with Crippen molar-refractivity contribution in [3.63, 3.8) is 0 Å². The molecule has 1 N–H and O–H groups in total. The Balaban J connectivity index is 2.41. The van der Waals surface area contributed by atoms with E-state index in [1.54, 1.807) is 6.07 Å². The molecule has 1 aromatic carbocycles. The standard InChI is InChI=1S/C16H22FN3/c1-5-20-10-16(12(4)19-20)15-7-6-14(17)8-13(15)9-18-11(2)3/h6-8,10-11,18H,5,9H2,1-4H3. The van der Waals surface area contributed by atoms with E-state index in [0.717, 1.165) is 28.9 Å². The fourth-order valence-electron chi connectivity index (χ4n) is 2.23. The van der Waals surface area contributed by atoms with Crippen molar-refractivity contribution in [3.8, 4) is 11.1 Å². The molecule has 0 atom stereocenters. The van der Waals surface area contributed by atoms with Crippen LogP contribution in [0.15, 0.2) is 24.4 Å². The van der Waals surface area contributed by atoms with Crippen molar-refractivity contribution in [2.75, 3.05) is 0 Å². The largest absolute Gasteiger partial charge is 0.310 e. The van der Waals surface area contributed by atoms with Crippen molar-refractivity contribution >= 4 is 0 Å². The lowest BCUT2D eigenvalue weighted by Crippen LogP contribution is -2.22. The molecule has 108 valence electrons. The highest BCUT2D eigenvalue weighted by atomic mass is 19.1. The van der Waals surface area contributed by atoms with E-state index in [2.05, 4.69) is 31.2 Å². The third-order valence-corrected chi connectivity index (χ3v) is 3.33. The summed E-state index contributed by atoms with van der Waals surface area (Å²) >= 11 is 0. The summed E-state index contributed by atoms with van der Waals surface area (Å²) in [6.07, 6.45) is 2.03. The van der Waals surface area contributed by atoms with Crippen LogP contribution in [0.25, 0.3) is 11.1 Å². The molecule has 4 heteroatoms. The van der Waals surface area contributed by atoms with Gasteiger partial charge in [0.1, 0.15) is 5.82 Å². The van der Waals surface area contributed by atoms with Crippen LogP contribution in [0.2, 0.25) is 0 Å². The van der Waals surface area contributed by atoms with E-state index in [9.17, 15) is 4.39 Å². The number of benzene rings is 1. The minimum absolute atomic E-state index is 0.199. The van der Waals surface area contributed by atoms with Gasteiger partial charge in [-0.05, 0) is 37.1 Å². The molecule has 0 saturated carbocycles. The van der Waals surface area contributed by atoms with Gasteiger partial charge in [0, 0.05) is 30.9 Å². The molecule has 0 saturated heterocycles. The third-order valence-electron chi connectivity index (χ3n) is 3.33. The van der Waals surface area contributed by atoms with Gasteiger partial charge in [0.05, 0.1) is 5.69 Å². The first kappa shape index (κ1) is 14.7. The fourth-order valence-corrected chi connectivity index (χ4v) is 2.23. The zero-order chi connectivity index (χ0) is 14.7. The molecular weight excluding hydrogens is 253 g/mol. The fraction of sp³-hybridized carbons (Fsp3) is 0.438. The summed E-state index contributed by atoms with van der Waals surface area (Å²) in [6, 6.07) is 5.33. The van der Waals surface area contributed by atoms with Crippen LogP contribution in [-0.2, 0) is 13.1 Å². The van der Waals surface area contributed by atoms with Crippen LogP contribution in [0.4, 0.5) is 4.39 Å². The van der Waals surface area contributed by atoms with Crippen molar-refractivity contribution < 1.29 is 4.39 Å². The van der Waals surface area contributed by atoms with Gasteiger partial charge in [0.2, 0.25) is 0 Å². The maximum atomic E-state index is 13.5. The van der Waals surface area contributed by atoms with Crippen LogP contribution in [0.3, 0.4) is 0 Å². The van der Waals surface area contributed by atoms with Crippen LogP contribution in [-0.4, -0.2) is 15.8 Å². The Morgan fingerprint density at radius 1 is 1.30 bits per heavy atom. The highest BCUT2D eigenvalue weighted by Crippen LogP contribution is 2.27. The van der Waals surface area contributed by atoms with Crippen LogP contribution >= 0.6 is 0 Å². The van der Waals surface area contributed by atoms with E-state index in [4.69, 9.17) is 0 Å². The first-order chi connectivity index (χ1) is 9.51. The average Bonchev–Trinajstić information content (AvgIpc) is 2.78. The normalized spacial score (nSPS) is 11.3. The monoisotopic (exact) mass is 275 g/mol. The van der Waals surface area contributed by atoms with Gasteiger partial charge in [-0.15, -0.1) is 0 Å². The lowest BCUT2D eigenvalue weighted by atomic mass is 10.00. The Morgan fingerprint density at radius 3 is 2.65 bits per heavy atom. The number of halogens is 1.